The van der Waals surface area contributed by atoms with Gasteiger partial charge in [-0.25, -0.2) is 0 Å². The Balaban J connectivity index is 2.50. The summed E-state index contributed by atoms with van der Waals surface area (Å²) in [6, 6.07) is 5.60. The highest BCUT2D eigenvalue weighted by Gasteiger charge is 2.42. The smallest absolute Gasteiger partial charge is 0.326 e. The van der Waals surface area contributed by atoms with Gasteiger partial charge in [0.25, 0.3) is 0 Å². The van der Waals surface area contributed by atoms with E-state index in [1.807, 2.05) is 0 Å². The summed E-state index contributed by atoms with van der Waals surface area (Å²) in [7, 11) is 0. The number of hydrogen-bond donors (Lipinski definition) is 3. The van der Waals surface area contributed by atoms with Crippen LogP contribution >= 0.6 is 0 Å². The van der Waals surface area contributed by atoms with Crippen LogP contribution in [0.2, 0.25) is 0 Å². The van der Waals surface area contributed by atoms with E-state index in [1.165, 1.54) is 24.3 Å². The molecule has 0 heterocycles. The molecule has 1 aliphatic carbocycles. The van der Waals surface area contributed by atoms with Gasteiger partial charge in [-0.1, -0.05) is 24.3 Å². The van der Waals surface area contributed by atoms with Gasteiger partial charge >= 0.3 is 5.69 Å². The molecular weight excluding hydrogens is 294 g/mol. The van der Waals surface area contributed by atoms with E-state index in [9.17, 15) is 35.0 Å². The summed E-state index contributed by atoms with van der Waals surface area (Å²) >= 11 is 0. The highest BCUT2D eigenvalue weighted by molar-refractivity contribution is 6.31. The van der Waals surface area contributed by atoms with Crippen molar-refractivity contribution in [3.8, 4) is 17.2 Å². The molecule has 2 aromatic rings. The molecule has 110 valence electrons. The van der Waals surface area contributed by atoms with Crippen molar-refractivity contribution >= 4 is 17.3 Å². The molecule has 0 fully saturated rings. The van der Waals surface area contributed by atoms with Crippen molar-refractivity contribution in [2.24, 2.45) is 0 Å². The number of hydrogen-bond acceptors (Lipinski definition) is 7. The first kappa shape index (κ1) is 13.6. The molecule has 3 rings (SSSR count). The summed E-state index contributed by atoms with van der Waals surface area (Å²) in [6.07, 6.45) is 0. The van der Waals surface area contributed by atoms with Crippen LogP contribution in [-0.2, 0) is 0 Å². The number of ketones is 2. The van der Waals surface area contributed by atoms with Crippen LogP contribution in [0.1, 0.15) is 31.8 Å². The van der Waals surface area contributed by atoms with Gasteiger partial charge in [-0.05, 0) is 0 Å². The predicted molar refractivity (Wildman–Crippen MR) is 71.4 cm³/mol. The number of benzene rings is 2. The summed E-state index contributed by atoms with van der Waals surface area (Å²) in [5.41, 5.74) is -2.66. The number of nitro benzene ring substituents is 1. The third kappa shape index (κ3) is 1.51. The third-order valence-electron chi connectivity index (χ3n) is 3.45. The number of rotatable bonds is 1. The van der Waals surface area contributed by atoms with Crippen molar-refractivity contribution < 1.29 is 29.8 Å². The van der Waals surface area contributed by atoms with Crippen molar-refractivity contribution in [2.45, 2.75) is 0 Å². The van der Waals surface area contributed by atoms with Crippen molar-refractivity contribution in [3.63, 3.8) is 0 Å². The maximum Gasteiger partial charge on any atom is 0.326 e. The molecule has 0 aromatic heterocycles. The molecule has 8 nitrogen and oxygen atoms in total. The van der Waals surface area contributed by atoms with Crippen molar-refractivity contribution in [3.05, 3.63) is 56.6 Å². The number of aromatic hydroxyl groups is 3. The highest BCUT2D eigenvalue weighted by Crippen LogP contribution is 2.50. The van der Waals surface area contributed by atoms with Gasteiger partial charge in [-0.2, -0.15) is 0 Å². The minimum absolute atomic E-state index is 0.0466. The zero-order chi connectivity index (χ0) is 16.2. The van der Waals surface area contributed by atoms with E-state index < -0.39 is 50.6 Å². The average molecular weight is 301 g/mol. The number of phenolic OH excluding ortho intramolecular Hbond substituents is 3. The monoisotopic (exact) mass is 301 g/mol. The lowest BCUT2D eigenvalue weighted by atomic mass is 9.82. The Morgan fingerprint density at radius 1 is 0.818 bits per heavy atom. The van der Waals surface area contributed by atoms with Gasteiger partial charge in [0.2, 0.25) is 17.3 Å². The molecule has 0 atom stereocenters. The topological polar surface area (TPSA) is 138 Å². The van der Waals surface area contributed by atoms with Crippen LogP contribution in [-0.4, -0.2) is 31.8 Å². The second-order valence-electron chi connectivity index (χ2n) is 4.61. The molecular formula is C14H7NO7. The molecule has 3 N–H and O–H groups in total. The fraction of sp³-hybridized carbons (Fsp3) is 0. The number of carbonyl (C=O) groups is 2. The summed E-state index contributed by atoms with van der Waals surface area (Å²) in [4.78, 5) is 34.8. The largest absolute Gasteiger partial charge is 0.504 e. The van der Waals surface area contributed by atoms with Gasteiger partial charge in [0.1, 0.15) is 5.56 Å². The molecule has 2 aromatic carbocycles. The number of nitrogens with zero attached hydrogens (tertiary/aromatic N) is 1. The summed E-state index contributed by atoms with van der Waals surface area (Å²) in [5, 5.41) is 40.2. The van der Waals surface area contributed by atoms with Crippen LogP contribution in [0.3, 0.4) is 0 Å². The lowest BCUT2D eigenvalue weighted by Crippen LogP contribution is -2.22. The Hall–Kier alpha value is -3.42. The van der Waals surface area contributed by atoms with Crippen molar-refractivity contribution in [1.29, 1.82) is 0 Å². The number of carbonyl (C=O) groups excluding carboxylic acids is 2. The summed E-state index contributed by atoms with van der Waals surface area (Å²) < 4.78 is 0. The molecule has 0 amide bonds. The molecule has 0 spiro atoms. The van der Waals surface area contributed by atoms with Crippen molar-refractivity contribution in [2.75, 3.05) is 0 Å². The van der Waals surface area contributed by atoms with E-state index in [0.29, 0.717) is 0 Å². The Morgan fingerprint density at radius 2 is 1.32 bits per heavy atom. The van der Waals surface area contributed by atoms with Crippen LogP contribution in [0.25, 0.3) is 0 Å². The molecule has 0 aliphatic heterocycles. The second kappa shape index (κ2) is 4.29. The Kier molecular flexibility index (Phi) is 2.64. The van der Waals surface area contributed by atoms with E-state index in [-0.39, 0.29) is 11.1 Å². The molecule has 0 bridgehead atoms. The zero-order valence-corrected chi connectivity index (χ0v) is 10.7. The number of fused-ring (bicyclic) bond motifs is 2. The SMILES string of the molecule is O=C1c2ccccc2C(=O)c2c1c(O)c(O)c(O)c2[N+](=O)[O-]. The van der Waals surface area contributed by atoms with Crippen LogP contribution in [0, 0.1) is 10.1 Å². The molecule has 0 saturated carbocycles. The van der Waals surface area contributed by atoms with Gasteiger partial charge in [0, 0.05) is 11.1 Å². The lowest BCUT2D eigenvalue weighted by molar-refractivity contribution is -0.386. The minimum atomic E-state index is -1.26. The van der Waals surface area contributed by atoms with Crippen LogP contribution in [0.15, 0.2) is 24.3 Å². The van der Waals surface area contributed by atoms with Crippen LogP contribution in [0.4, 0.5) is 5.69 Å². The van der Waals surface area contributed by atoms with E-state index in [2.05, 4.69) is 0 Å². The molecule has 8 heteroatoms. The molecule has 0 saturated heterocycles. The Morgan fingerprint density at radius 3 is 1.82 bits per heavy atom. The zero-order valence-electron chi connectivity index (χ0n) is 10.7. The first-order valence-corrected chi connectivity index (χ1v) is 6.00. The molecule has 0 unspecified atom stereocenters. The maximum absolute atomic E-state index is 12.4. The van der Waals surface area contributed by atoms with Crippen LogP contribution < -0.4 is 0 Å². The fourth-order valence-electron chi connectivity index (χ4n) is 2.47. The average Bonchev–Trinajstić information content (AvgIpc) is 2.49. The molecule has 0 radical (unpaired) electrons. The Bertz CT molecular complexity index is 885. The normalized spacial score (nSPS) is 12.7. The van der Waals surface area contributed by atoms with Crippen LogP contribution in [0.5, 0.6) is 17.2 Å². The van der Waals surface area contributed by atoms with Crippen molar-refractivity contribution in [1.82, 2.24) is 0 Å². The number of nitro groups is 1. The maximum atomic E-state index is 12.4. The predicted octanol–water partition coefficient (Wildman–Crippen LogP) is 1.49. The third-order valence-corrected chi connectivity index (χ3v) is 3.45. The van der Waals surface area contributed by atoms with E-state index in [4.69, 9.17) is 0 Å². The fourth-order valence-corrected chi connectivity index (χ4v) is 2.47. The quantitative estimate of drug-likeness (QED) is 0.351. The van der Waals surface area contributed by atoms with E-state index in [1.54, 1.807) is 0 Å². The standard InChI is InChI=1S/C14H7NO7/c16-10-5-3-1-2-4-6(5)11(17)8-7(10)9(15(21)22)13(19)14(20)12(8)18/h1-4,18-20H. The van der Waals surface area contributed by atoms with Gasteiger partial charge in [-0.3, -0.25) is 19.7 Å². The van der Waals surface area contributed by atoms with Gasteiger partial charge in [0.05, 0.1) is 10.5 Å². The van der Waals surface area contributed by atoms with Gasteiger partial charge < -0.3 is 15.3 Å². The number of phenols is 3. The Labute approximate surface area is 122 Å². The van der Waals surface area contributed by atoms with E-state index >= 15 is 0 Å². The second-order valence-corrected chi connectivity index (χ2v) is 4.61. The van der Waals surface area contributed by atoms with E-state index in [0.717, 1.165) is 0 Å². The highest BCUT2D eigenvalue weighted by atomic mass is 16.6. The molecule has 1 aliphatic rings. The first-order chi connectivity index (χ1) is 10.4. The summed E-state index contributed by atoms with van der Waals surface area (Å²) in [6.45, 7) is 0. The lowest BCUT2D eigenvalue weighted by Gasteiger charge is -2.19. The van der Waals surface area contributed by atoms with Gasteiger partial charge in [-0.15, -0.1) is 0 Å². The minimum Gasteiger partial charge on any atom is -0.504 e. The van der Waals surface area contributed by atoms with Gasteiger partial charge in [0.15, 0.2) is 11.5 Å². The molecule has 22 heavy (non-hydrogen) atoms. The first-order valence-electron chi connectivity index (χ1n) is 6.00. The summed E-state index contributed by atoms with van der Waals surface area (Å²) in [5.74, 6) is -5.28.